The van der Waals surface area contributed by atoms with Gasteiger partial charge in [0.2, 0.25) is 0 Å². The third-order valence-corrected chi connectivity index (χ3v) is 2.17. The molecule has 0 aliphatic carbocycles. The first-order valence-electron chi connectivity index (χ1n) is 4.96. The normalized spacial score (nSPS) is 11.9. The number of hydrogen-bond donors (Lipinski definition) is 0. The summed E-state index contributed by atoms with van der Waals surface area (Å²) in [5.41, 5.74) is 0.0819. The number of halogens is 2. The minimum atomic E-state index is -1.08. The molecular formula is C12H11F2NO. The second-order valence-corrected chi connectivity index (χ2v) is 3.48. The molecule has 0 heterocycles. The summed E-state index contributed by atoms with van der Waals surface area (Å²) < 4.78 is 25.8. The van der Waals surface area contributed by atoms with Crippen molar-refractivity contribution in [2.75, 3.05) is 0 Å². The standard InChI is InChI=1S/C12H11F2NO/c1-2-3-12(16)11(7-15)8-4-9(13)6-10(14)5-8/h4-6,11H,2-3H2,1H3. The smallest absolute Gasteiger partial charge is 0.154 e. The maximum absolute atomic E-state index is 12.9. The number of nitriles is 1. The average molecular weight is 223 g/mol. The lowest BCUT2D eigenvalue weighted by atomic mass is 9.93. The summed E-state index contributed by atoms with van der Waals surface area (Å²) >= 11 is 0. The molecule has 0 N–H and O–H groups in total. The van der Waals surface area contributed by atoms with Crippen LogP contribution in [0.5, 0.6) is 0 Å². The highest BCUT2D eigenvalue weighted by Gasteiger charge is 2.20. The van der Waals surface area contributed by atoms with Crippen molar-refractivity contribution in [1.29, 1.82) is 5.26 Å². The van der Waals surface area contributed by atoms with E-state index in [2.05, 4.69) is 0 Å². The molecule has 1 aromatic rings. The van der Waals surface area contributed by atoms with Crippen molar-refractivity contribution in [1.82, 2.24) is 0 Å². The Morgan fingerprint density at radius 1 is 1.38 bits per heavy atom. The van der Waals surface area contributed by atoms with Gasteiger partial charge in [0, 0.05) is 12.5 Å². The number of ketones is 1. The zero-order chi connectivity index (χ0) is 12.1. The van der Waals surface area contributed by atoms with Gasteiger partial charge in [-0.15, -0.1) is 0 Å². The van der Waals surface area contributed by atoms with E-state index < -0.39 is 17.6 Å². The van der Waals surface area contributed by atoms with Crippen LogP contribution in [-0.2, 0) is 4.79 Å². The second-order valence-electron chi connectivity index (χ2n) is 3.48. The summed E-state index contributed by atoms with van der Waals surface area (Å²) in [5.74, 6) is -2.95. The number of nitrogens with zero attached hydrogens (tertiary/aromatic N) is 1. The van der Waals surface area contributed by atoms with E-state index in [4.69, 9.17) is 5.26 Å². The molecule has 0 radical (unpaired) electrons. The van der Waals surface area contributed by atoms with Crippen molar-refractivity contribution < 1.29 is 13.6 Å². The summed E-state index contributed by atoms with van der Waals surface area (Å²) in [4.78, 5) is 11.5. The molecule has 16 heavy (non-hydrogen) atoms. The van der Waals surface area contributed by atoms with E-state index in [0.717, 1.165) is 12.1 Å². The zero-order valence-electron chi connectivity index (χ0n) is 8.84. The average Bonchev–Trinajstić information content (AvgIpc) is 2.17. The van der Waals surface area contributed by atoms with Gasteiger partial charge in [-0.25, -0.2) is 8.78 Å². The Balaban J connectivity index is 3.05. The third kappa shape index (κ3) is 2.86. The second kappa shape index (κ2) is 5.36. The quantitative estimate of drug-likeness (QED) is 0.787. The van der Waals surface area contributed by atoms with E-state index in [1.807, 2.05) is 0 Å². The topological polar surface area (TPSA) is 40.9 Å². The SMILES string of the molecule is CCCC(=O)C(C#N)c1cc(F)cc(F)c1. The Bertz CT molecular complexity index is 417. The van der Waals surface area contributed by atoms with Gasteiger partial charge in [-0.2, -0.15) is 5.26 Å². The van der Waals surface area contributed by atoms with E-state index >= 15 is 0 Å². The van der Waals surface area contributed by atoms with Crippen LogP contribution in [0.2, 0.25) is 0 Å². The van der Waals surface area contributed by atoms with Gasteiger partial charge in [-0.05, 0) is 24.1 Å². The number of hydrogen-bond acceptors (Lipinski definition) is 2. The Kier molecular flexibility index (Phi) is 4.12. The van der Waals surface area contributed by atoms with Gasteiger partial charge in [0.05, 0.1) is 6.07 Å². The fourth-order valence-corrected chi connectivity index (χ4v) is 1.46. The lowest BCUT2D eigenvalue weighted by Gasteiger charge is -2.07. The molecule has 0 aromatic heterocycles. The highest BCUT2D eigenvalue weighted by Crippen LogP contribution is 2.20. The van der Waals surface area contributed by atoms with Gasteiger partial charge in [-0.3, -0.25) is 4.79 Å². The van der Waals surface area contributed by atoms with Gasteiger partial charge in [0.25, 0.3) is 0 Å². The molecule has 0 fully saturated rings. The molecule has 0 aliphatic heterocycles. The van der Waals surface area contributed by atoms with Crippen LogP contribution < -0.4 is 0 Å². The zero-order valence-corrected chi connectivity index (χ0v) is 8.84. The van der Waals surface area contributed by atoms with Gasteiger partial charge in [0.15, 0.2) is 5.78 Å². The monoisotopic (exact) mass is 223 g/mol. The van der Waals surface area contributed by atoms with E-state index in [9.17, 15) is 13.6 Å². The number of benzene rings is 1. The first-order chi connectivity index (χ1) is 7.58. The van der Waals surface area contributed by atoms with Gasteiger partial charge in [0.1, 0.15) is 17.6 Å². The van der Waals surface area contributed by atoms with Gasteiger partial charge >= 0.3 is 0 Å². The molecule has 0 spiro atoms. The van der Waals surface area contributed by atoms with E-state index in [1.54, 1.807) is 13.0 Å². The van der Waals surface area contributed by atoms with E-state index in [0.29, 0.717) is 12.5 Å². The van der Waals surface area contributed by atoms with Gasteiger partial charge in [-0.1, -0.05) is 6.92 Å². The first-order valence-corrected chi connectivity index (χ1v) is 4.96. The summed E-state index contributed by atoms with van der Waals surface area (Å²) in [6.45, 7) is 1.80. The lowest BCUT2D eigenvalue weighted by Crippen LogP contribution is -2.10. The predicted octanol–water partition coefficient (Wildman–Crippen LogP) is 2.94. The summed E-state index contributed by atoms with van der Waals surface area (Å²) in [5, 5.41) is 8.84. The Labute approximate surface area is 92.5 Å². The van der Waals surface area contributed by atoms with E-state index in [-0.39, 0.29) is 17.8 Å². The molecule has 1 unspecified atom stereocenters. The third-order valence-electron chi connectivity index (χ3n) is 2.17. The molecule has 84 valence electrons. The molecule has 0 saturated carbocycles. The maximum atomic E-state index is 12.9. The molecule has 0 bridgehead atoms. The lowest BCUT2D eigenvalue weighted by molar-refractivity contribution is -0.119. The minimum absolute atomic E-state index is 0.0819. The molecule has 2 nitrogen and oxygen atoms in total. The molecule has 4 heteroatoms. The van der Waals surface area contributed by atoms with Crippen molar-refractivity contribution in [3.8, 4) is 6.07 Å². The van der Waals surface area contributed by atoms with Crippen LogP contribution in [0.25, 0.3) is 0 Å². The highest BCUT2D eigenvalue weighted by molar-refractivity contribution is 5.88. The molecule has 1 aromatic carbocycles. The van der Waals surface area contributed by atoms with Crippen molar-refractivity contribution in [3.05, 3.63) is 35.4 Å². The van der Waals surface area contributed by atoms with Crippen LogP contribution in [-0.4, -0.2) is 5.78 Å². The van der Waals surface area contributed by atoms with Crippen LogP contribution in [0.3, 0.4) is 0 Å². The van der Waals surface area contributed by atoms with E-state index in [1.165, 1.54) is 0 Å². The molecule has 1 rings (SSSR count). The van der Waals surface area contributed by atoms with Crippen molar-refractivity contribution in [3.63, 3.8) is 0 Å². The van der Waals surface area contributed by atoms with Crippen LogP contribution in [0.1, 0.15) is 31.2 Å². The van der Waals surface area contributed by atoms with Crippen molar-refractivity contribution in [2.45, 2.75) is 25.7 Å². The Morgan fingerprint density at radius 3 is 2.38 bits per heavy atom. The number of carbonyl (C=O) groups is 1. The summed E-state index contributed by atoms with van der Waals surface area (Å²) in [6.07, 6.45) is 0.838. The first kappa shape index (κ1) is 12.3. The fraction of sp³-hybridized carbons (Fsp3) is 0.333. The summed E-state index contributed by atoms with van der Waals surface area (Å²) in [7, 11) is 0. The predicted molar refractivity (Wildman–Crippen MR) is 54.6 cm³/mol. The van der Waals surface area contributed by atoms with Crippen molar-refractivity contribution >= 4 is 5.78 Å². The molecule has 0 saturated heterocycles. The number of Topliss-reactive ketones (excluding diaryl/α,β-unsaturated/α-hetero) is 1. The van der Waals surface area contributed by atoms with Gasteiger partial charge < -0.3 is 0 Å². The van der Waals surface area contributed by atoms with Crippen LogP contribution in [0, 0.1) is 23.0 Å². The van der Waals surface area contributed by atoms with Crippen molar-refractivity contribution in [2.24, 2.45) is 0 Å². The highest BCUT2D eigenvalue weighted by atomic mass is 19.1. The maximum Gasteiger partial charge on any atom is 0.154 e. The number of carbonyl (C=O) groups excluding carboxylic acids is 1. The fourth-order valence-electron chi connectivity index (χ4n) is 1.46. The van der Waals surface area contributed by atoms with Crippen LogP contribution in [0.4, 0.5) is 8.78 Å². The largest absolute Gasteiger partial charge is 0.298 e. The molecule has 1 atom stereocenters. The van der Waals surface area contributed by atoms with Crippen LogP contribution >= 0.6 is 0 Å². The Hall–Kier alpha value is -1.76. The minimum Gasteiger partial charge on any atom is -0.298 e. The Morgan fingerprint density at radius 2 is 1.94 bits per heavy atom. The number of rotatable bonds is 4. The summed E-state index contributed by atoms with van der Waals surface area (Å²) in [6, 6.07) is 4.52. The van der Waals surface area contributed by atoms with Crippen LogP contribution in [0.15, 0.2) is 18.2 Å². The molecule has 0 aliphatic rings. The molecular weight excluding hydrogens is 212 g/mol. The molecule has 0 amide bonds.